The predicted molar refractivity (Wildman–Crippen MR) is 172 cm³/mol. The number of nitrogens with zero attached hydrogens (tertiary/aromatic N) is 1. The molecule has 1 saturated carbocycles. The van der Waals surface area contributed by atoms with Gasteiger partial charge in [-0.05, 0) is 62.0 Å². The molecule has 12 nitrogen and oxygen atoms in total. The van der Waals surface area contributed by atoms with Gasteiger partial charge in [0, 0.05) is 13.1 Å². The van der Waals surface area contributed by atoms with Gasteiger partial charge in [-0.25, -0.2) is 13.2 Å². The second-order valence-electron chi connectivity index (χ2n) is 14.9. The molecule has 13 heteroatoms. The van der Waals surface area contributed by atoms with Gasteiger partial charge in [0.05, 0.1) is 16.7 Å². The number of piperidine rings is 1. The number of carbonyl (C=O) groups is 5. The van der Waals surface area contributed by atoms with Gasteiger partial charge in [0.15, 0.2) is 9.84 Å². The number of benzene rings is 1. The Hall–Kier alpha value is -3.48. The number of amides is 4. The lowest BCUT2D eigenvalue weighted by molar-refractivity contribution is -0.145. The molecule has 0 radical (unpaired) electrons. The fourth-order valence-electron chi connectivity index (χ4n) is 6.16. The van der Waals surface area contributed by atoms with Crippen molar-refractivity contribution in [3.8, 4) is 0 Å². The minimum atomic E-state index is -3.67. The van der Waals surface area contributed by atoms with E-state index in [1.807, 2.05) is 34.6 Å². The Morgan fingerprint density at radius 1 is 1.00 bits per heavy atom. The van der Waals surface area contributed by atoms with Crippen LogP contribution in [-0.2, 0) is 33.8 Å². The molecule has 256 valence electrons. The van der Waals surface area contributed by atoms with Gasteiger partial charge in [-0.15, -0.1) is 0 Å². The number of fused-ring (bicyclic) bond motifs is 1. The first-order valence-corrected chi connectivity index (χ1v) is 17.5. The van der Waals surface area contributed by atoms with Crippen LogP contribution >= 0.6 is 0 Å². The molecule has 3 rings (SSSR count). The van der Waals surface area contributed by atoms with Gasteiger partial charge in [-0.1, -0.05) is 66.2 Å². The first-order valence-electron chi connectivity index (χ1n) is 15.8. The lowest BCUT2D eigenvalue weighted by Crippen LogP contribution is -2.60. The summed E-state index contributed by atoms with van der Waals surface area (Å²) in [6.07, 6.45) is -0.102. The third-order valence-electron chi connectivity index (χ3n) is 8.73. The summed E-state index contributed by atoms with van der Waals surface area (Å²) < 4.78 is 30.5. The lowest BCUT2D eigenvalue weighted by atomic mass is 9.85. The Morgan fingerprint density at radius 2 is 1.61 bits per heavy atom. The van der Waals surface area contributed by atoms with Crippen molar-refractivity contribution < 1.29 is 37.1 Å². The Kier molecular flexibility index (Phi) is 11.0. The molecule has 1 heterocycles. The van der Waals surface area contributed by atoms with E-state index in [-0.39, 0.29) is 35.1 Å². The van der Waals surface area contributed by atoms with Gasteiger partial charge in [0.25, 0.3) is 5.91 Å². The number of likely N-dealkylation sites (tertiary alicyclic amines) is 1. The molecule has 46 heavy (non-hydrogen) atoms. The molecule has 3 N–H and O–H groups in total. The van der Waals surface area contributed by atoms with Crippen molar-refractivity contribution in [2.45, 2.75) is 104 Å². The number of Topliss-reactive ketones (excluding diaryl/α,β-unsaturated/α-hetero) is 1. The van der Waals surface area contributed by atoms with E-state index in [2.05, 4.69) is 16.0 Å². The standard InChI is InChI=1S/C33H50N4O8S/c1-10-14-22(25(38)28(40)34-17-18-46(43,44)20-15-12-11-13-16-20)35-27(39)24-23-21(33(23,8)9)19-37(24)29(41)26(31(2,3)4)36-30(42)45-32(5,6)7/h11-13,15-16,21-24,26H,10,14,17-19H2,1-9H3,(H,34,40)(H,35,39)(H,36,42)/t21?,22?,23?,24-,26+/m0/s1. The zero-order chi connectivity index (χ0) is 34.8. The highest BCUT2D eigenvalue weighted by atomic mass is 32.2. The van der Waals surface area contributed by atoms with Crippen molar-refractivity contribution in [3.63, 3.8) is 0 Å². The third kappa shape index (κ3) is 8.65. The highest BCUT2D eigenvalue weighted by Gasteiger charge is 2.70. The molecule has 1 aliphatic carbocycles. The van der Waals surface area contributed by atoms with E-state index in [0.717, 1.165) is 0 Å². The summed E-state index contributed by atoms with van der Waals surface area (Å²) in [7, 11) is -3.67. The van der Waals surface area contributed by atoms with Crippen molar-refractivity contribution in [2.24, 2.45) is 22.7 Å². The van der Waals surface area contributed by atoms with Gasteiger partial charge in [-0.2, -0.15) is 0 Å². The highest BCUT2D eigenvalue weighted by Crippen LogP contribution is 2.65. The monoisotopic (exact) mass is 662 g/mol. The first kappa shape index (κ1) is 37.0. The number of ether oxygens (including phenoxy) is 1. The number of sulfone groups is 1. The fourth-order valence-corrected chi connectivity index (χ4v) is 7.34. The van der Waals surface area contributed by atoms with E-state index in [1.54, 1.807) is 45.9 Å². The molecule has 1 aliphatic heterocycles. The molecule has 2 aliphatic rings. The number of nitrogens with one attached hydrogen (secondary N) is 3. The zero-order valence-corrected chi connectivity index (χ0v) is 29.2. The number of hydrogen-bond donors (Lipinski definition) is 3. The minimum Gasteiger partial charge on any atom is -0.444 e. The Morgan fingerprint density at radius 3 is 2.15 bits per heavy atom. The van der Waals surface area contributed by atoms with E-state index in [9.17, 15) is 32.4 Å². The van der Waals surface area contributed by atoms with E-state index in [4.69, 9.17) is 4.74 Å². The quantitative estimate of drug-likeness (QED) is 0.287. The molecule has 1 saturated heterocycles. The van der Waals surface area contributed by atoms with Crippen LogP contribution in [0.3, 0.4) is 0 Å². The topological polar surface area (TPSA) is 168 Å². The van der Waals surface area contributed by atoms with Crippen LogP contribution < -0.4 is 16.0 Å². The van der Waals surface area contributed by atoms with Gasteiger partial charge < -0.3 is 25.6 Å². The molecule has 0 aromatic heterocycles. The maximum Gasteiger partial charge on any atom is 0.408 e. The number of ketones is 1. The Labute approximate surface area is 272 Å². The van der Waals surface area contributed by atoms with E-state index in [1.165, 1.54) is 17.0 Å². The summed E-state index contributed by atoms with van der Waals surface area (Å²) in [5, 5.41) is 7.81. The van der Waals surface area contributed by atoms with Gasteiger partial charge in [-0.3, -0.25) is 19.2 Å². The second-order valence-corrected chi connectivity index (χ2v) is 17.0. The third-order valence-corrected chi connectivity index (χ3v) is 10.5. The molecule has 1 aromatic rings. The summed E-state index contributed by atoms with van der Waals surface area (Å²) in [5.41, 5.74) is -1.72. The average molecular weight is 663 g/mol. The van der Waals surface area contributed by atoms with Crippen molar-refractivity contribution in [1.29, 1.82) is 0 Å². The number of rotatable bonds is 12. The maximum atomic E-state index is 14.0. The molecule has 5 atom stereocenters. The van der Waals surface area contributed by atoms with Crippen molar-refractivity contribution in [3.05, 3.63) is 30.3 Å². The van der Waals surface area contributed by atoms with Gasteiger partial charge in [0.2, 0.25) is 17.6 Å². The molecule has 3 unspecified atom stereocenters. The number of carbonyl (C=O) groups excluding carboxylic acids is 5. The molecule has 1 aromatic carbocycles. The van der Waals surface area contributed by atoms with Crippen molar-refractivity contribution in [1.82, 2.24) is 20.9 Å². The largest absolute Gasteiger partial charge is 0.444 e. The van der Waals surface area contributed by atoms with Crippen LogP contribution in [0.2, 0.25) is 0 Å². The smallest absolute Gasteiger partial charge is 0.408 e. The number of hydrogen-bond acceptors (Lipinski definition) is 8. The van der Waals surface area contributed by atoms with Crippen LogP contribution in [0.4, 0.5) is 4.79 Å². The maximum absolute atomic E-state index is 14.0. The molecule has 0 bridgehead atoms. The number of alkyl carbamates (subject to hydrolysis) is 1. The highest BCUT2D eigenvalue weighted by molar-refractivity contribution is 7.91. The van der Waals surface area contributed by atoms with Crippen LogP contribution in [0.1, 0.15) is 75.2 Å². The van der Waals surface area contributed by atoms with Gasteiger partial charge in [0.1, 0.15) is 17.7 Å². The van der Waals surface area contributed by atoms with Crippen LogP contribution in [-0.4, -0.2) is 85.5 Å². The zero-order valence-electron chi connectivity index (χ0n) is 28.4. The van der Waals surface area contributed by atoms with Crippen LogP contribution in [0, 0.1) is 22.7 Å². The summed E-state index contributed by atoms with van der Waals surface area (Å²) >= 11 is 0. The van der Waals surface area contributed by atoms with Crippen LogP contribution in [0.5, 0.6) is 0 Å². The van der Waals surface area contributed by atoms with E-state index in [0.29, 0.717) is 13.0 Å². The van der Waals surface area contributed by atoms with Crippen LogP contribution in [0.25, 0.3) is 0 Å². The van der Waals surface area contributed by atoms with E-state index >= 15 is 0 Å². The Balaban J connectivity index is 1.74. The molecular weight excluding hydrogens is 612 g/mol. The second kappa shape index (κ2) is 13.7. The molecule has 2 fully saturated rings. The van der Waals surface area contributed by atoms with Gasteiger partial charge >= 0.3 is 6.09 Å². The SMILES string of the molecule is CCCC(NC(=O)[C@@H]1C2C(CN1C(=O)[C@@H](NC(=O)OC(C)(C)C)C(C)(C)C)C2(C)C)C(=O)C(=O)NCCS(=O)(=O)c1ccccc1. The molecular formula is C33H50N4O8S. The lowest BCUT2D eigenvalue weighted by Gasteiger charge is -2.38. The average Bonchev–Trinajstić information content (AvgIpc) is 3.26. The fraction of sp³-hybridized carbons (Fsp3) is 0.667. The minimum absolute atomic E-state index is 0.0459. The molecule has 0 spiro atoms. The van der Waals surface area contributed by atoms with Crippen molar-refractivity contribution >= 4 is 39.4 Å². The van der Waals surface area contributed by atoms with Crippen LogP contribution in [0.15, 0.2) is 35.2 Å². The summed E-state index contributed by atoms with van der Waals surface area (Å²) in [4.78, 5) is 68.2. The normalized spacial score (nSPS) is 21.8. The van der Waals surface area contributed by atoms with E-state index < -0.39 is 74.3 Å². The summed E-state index contributed by atoms with van der Waals surface area (Å²) in [6.45, 7) is 16.5. The van der Waals surface area contributed by atoms with Crippen molar-refractivity contribution in [2.75, 3.05) is 18.8 Å². The Bertz CT molecular complexity index is 1430. The predicted octanol–water partition coefficient (Wildman–Crippen LogP) is 2.85. The first-order chi connectivity index (χ1) is 21.1. The molecule has 4 amide bonds. The summed E-state index contributed by atoms with van der Waals surface area (Å²) in [5.74, 6) is -3.41. The summed E-state index contributed by atoms with van der Waals surface area (Å²) in [6, 6.07) is 4.71.